The van der Waals surface area contributed by atoms with Gasteiger partial charge in [-0.2, -0.15) is 5.10 Å². The number of aromatic nitrogens is 2. The van der Waals surface area contributed by atoms with Gasteiger partial charge in [-0.3, -0.25) is 4.79 Å². The largest absolute Gasteiger partial charge is 0.497 e. The van der Waals surface area contributed by atoms with Crippen molar-refractivity contribution in [2.24, 2.45) is 0 Å². The van der Waals surface area contributed by atoms with Crippen LogP contribution >= 0.6 is 0 Å². The first-order chi connectivity index (χ1) is 12.5. The second kappa shape index (κ2) is 7.10. The summed E-state index contributed by atoms with van der Waals surface area (Å²) in [6.45, 7) is 1.84. The number of carboxylic acids is 1. The predicted octanol–water partition coefficient (Wildman–Crippen LogP) is 3.14. The second-order valence-electron chi connectivity index (χ2n) is 5.60. The molecule has 1 heterocycles. The number of rotatable bonds is 5. The predicted molar refractivity (Wildman–Crippen MR) is 96.2 cm³/mol. The molecular weight excluding hydrogens is 334 g/mol. The number of nitrogens with one attached hydrogen (secondary N) is 1. The average molecular weight is 351 g/mol. The van der Waals surface area contributed by atoms with Crippen LogP contribution in [0, 0.1) is 6.92 Å². The highest BCUT2D eigenvalue weighted by Gasteiger charge is 2.20. The molecule has 0 aliphatic carbocycles. The van der Waals surface area contributed by atoms with Gasteiger partial charge in [0.1, 0.15) is 11.4 Å². The topological polar surface area (TPSA) is 93.4 Å². The van der Waals surface area contributed by atoms with Crippen molar-refractivity contribution in [2.75, 3.05) is 12.4 Å². The van der Waals surface area contributed by atoms with Crippen LogP contribution in [0.4, 0.5) is 5.69 Å². The molecule has 0 radical (unpaired) electrons. The first-order valence-corrected chi connectivity index (χ1v) is 7.84. The van der Waals surface area contributed by atoms with Crippen LogP contribution in [0.25, 0.3) is 5.69 Å². The summed E-state index contributed by atoms with van der Waals surface area (Å²) in [6, 6.07) is 15.4. The zero-order valence-electron chi connectivity index (χ0n) is 14.3. The number of aromatic carboxylic acids is 1. The van der Waals surface area contributed by atoms with E-state index in [1.165, 1.54) is 10.7 Å². The van der Waals surface area contributed by atoms with Gasteiger partial charge in [0.05, 0.1) is 12.8 Å². The fourth-order valence-electron chi connectivity index (χ4n) is 2.50. The number of carbonyl (C=O) groups is 2. The van der Waals surface area contributed by atoms with E-state index in [-0.39, 0.29) is 11.4 Å². The van der Waals surface area contributed by atoms with Crippen LogP contribution < -0.4 is 10.1 Å². The molecule has 1 aromatic heterocycles. The summed E-state index contributed by atoms with van der Waals surface area (Å²) in [4.78, 5) is 24.0. The van der Waals surface area contributed by atoms with Crippen LogP contribution in [0.5, 0.6) is 5.75 Å². The molecule has 0 saturated heterocycles. The van der Waals surface area contributed by atoms with Gasteiger partial charge in [0, 0.05) is 11.8 Å². The summed E-state index contributed by atoms with van der Waals surface area (Å²) >= 11 is 0. The number of hydrogen-bond donors (Lipinski definition) is 2. The smallest absolute Gasteiger partial charge is 0.356 e. The summed E-state index contributed by atoms with van der Waals surface area (Å²) in [5.41, 5.74) is 1.95. The van der Waals surface area contributed by atoms with Gasteiger partial charge >= 0.3 is 5.97 Å². The average Bonchev–Trinajstić information content (AvgIpc) is 3.10. The van der Waals surface area contributed by atoms with Crippen molar-refractivity contribution in [3.8, 4) is 11.4 Å². The van der Waals surface area contributed by atoms with Gasteiger partial charge in [-0.05, 0) is 42.8 Å². The third-order valence-electron chi connectivity index (χ3n) is 3.84. The summed E-state index contributed by atoms with van der Waals surface area (Å²) in [5, 5.41) is 16.0. The van der Waals surface area contributed by atoms with Gasteiger partial charge < -0.3 is 15.2 Å². The van der Waals surface area contributed by atoms with Gasteiger partial charge in [-0.1, -0.05) is 18.2 Å². The van der Waals surface area contributed by atoms with E-state index in [1.807, 2.05) is 13.0 Å². The molecule has 0 unspecified atom stereocenters. The Balaban J connectivity index is 1.97. The number of benzene rings is 2. The van der Waals surface area contributed by atoms with Gasteiger partial charge in [-0.15, -0.1) is 0 Å². The van der Waals surface area contributed by atoms with Crippen LogP contribution in [0.1, 0.15) is 26.5 Å². The van der Waals surface area contributed by atoms with Gasteiger partial charge in [-0.25, -0.2) is 9.48 Å². The quantitative estimate of drug-likeness (QED) is 0.736. The molecule has 26 heavy (non-hydrogen) atoms. The first-order valence-electron chi connectivity index (χ1n) is 7.84. The summed E-state index contributed by atoms with van der Waals surface area (Å²) in [7, 11) is 1.57. The molecular formula is C19H17N3O4. The Morgan fingerprint density at radius 1 is 1.12 bits per heavy atom. The monoisotopic (exact) mass is 351 g/mol. The molecule has 132 valence electrons. The minimum Gasteiger partial charge on any atom is -0.497 e. The Morgan fingerprint density at radius 2 is 1.85 bits per heavy atom. The lowest BCUT2D eigenvalue weighted by molar-refractivity contribution is 0.0690. The van der Waals surface area contributed by atoms with Crippen molar-refractivity contribution in [2.45, 2.75) is 6.92 Å². The van der Waals surface area contributed by atoms with Crippen molar-refractivity contribution < 1.29 is 19.4 Å². The number of anilines is 1. The standard InChI is InChI=1S/C19H17N3O4/c1-12-10-14(26-2)8-9-15(12)20-18(23)17-11-16(19(24)25)21-22(17)13-6-4-3-5-7-13/h3-11H,1-2H3,(H,20,23)(H,24,25). The van der Waals surface area contributed by atoms with Gasteiger partial charge in [0.15, 0.2) is 5.69 Å². The summed E-state index contributed by atoms with van der Waals surface area (Å²) < 4.78 is 6.47. The van der Waals surface area contributed by atoms with Crippen molar-refractivity contribution in [1.29, 1.82) is 0 Å². The van der Waals surface area contributed by atoms with Gasteiger partial charge in [0.2, 0.25) is 0 Å². The molecule has 7 heteroatoms. The molecule has 0 spiro atoms. The summed E-state index contributed by atoms with van der Waals surface area (Å²) in [6.07, 6.45) is 0. The summed E-state index contributed by atoms with van der Waals surface area (Å²) in [5.74, 6) is -0.973. The van der Waals surface area contributed by atoms with E-state index in [1.54, 1.807) is 49.6 Å². The van der Waals surface area contributed by atoms with Crippen LogP contribution in [-0.2, 0) is 0 Å². The maximum Gasteiger partial charge on any atom is 0.356 e. The van der Waals surface area contributed by atoms with E-state index in [0.29, 0.717) is 17.1 Å². The van der Waals surface area contributed by atoms with E-state index >= 15 is 0 Å². The maximum atomic E-state index is 12.8. The Labute approximate surface area is 149 Å². The number of carboxylic acid groups (broad SMARTS) is 1. The maximum absolute atomic E-state index is 12.8. The molecule has 0 aliphatic heterocycles. The minimum absolute atomic E-state index is 0.129. The fourth-order valence-corrected chi connectivity index (χ4v) is 2.50. The van der Waals surface area contributed by atoms with E-state index in [2.05, 4.69) is 10.4 Å². The number of aryl methyl sites for hydroxylation is 1. The Kier molecular flexibility index (Phi) is 4.70. The third-order valence-corrected chi connectivity index (χ3v) is 3.84. The first kappa shape index (κ1) is 17.2. The lowest BCUT2D eigenvalue weighted by Crippen LogP contribution is -2.17. The Hall–Kier alpha value is -3.61. The van der Waals surface area contributed by atoms with Crippen molar-refractivity contribution in [1.82, 2.24) is 9.78 Å². The molecule has 0 fully saturated rings. The molecule has 0 atom stereocenters. The van der Waals surface area contributed by atoms with Crippen LogP contribution in [-0.4, -0.2) is 33.9 Å². The minimum atomic E-state index is -1.20. The van der Waals surface area contributed by atoms with Crippen LogP contribution in [0.3, 0.4) is 0 Å². The van der Waals surface area contributed by atoms with E-state index < -0.39 is 11.9 Å². The van der Waals surface area contributed by atoms with E-state index in [0.717, 1.165) is 5.56 Å². The molecule has 2 aromatic carbocycles. The molecule has 0 aliphatic rings. The molecule has 3 rings (SSSR count). The number of para-hydroxylation sites is 1. The highest BCUT2D eigenvalue weighted by molar-refractivity contribution is 6.05. The molecule has 3 aromatic rings. The van der Waals surface area contributed by atoms with Crippen molar-refractivity contribution in [3.63, 3.8) is 0 Å². The lowest BCUT2D eigenvalue weighted by Gasteiger charge is -2.11. The number of methoxy groups -OCH3 is 1. The van der Waals surface area contributed by atoms with Crippen LogP contribution in [0.2, 0.25) is 0 Å². The van der Waals surface area contributed by atoms with Gasteiger partial charge in [0.25, 0.3) is 5.91 Å². The number of ether oxygens (including phenoxy) is 1. The Bertz CT molecular complexity index is 964. The number of amides is 1. The number of carbonyl (C=O) groups excluding carboxylic acids is 1. The molecule has 0 saturated carbocycles. The SMILES string of the molecule is COc1ccc(NC(=O)c2cc(C(=O)O)nn2-c2ccccc2)c(C)c1. The second-order valence-corrected chi connectivity index (χ2v) is 5.60. The Morgan fingerprint density at radius 3 is 2.46 bits per heavy atom. The molecule has 7 nitrogen and oxygen atoms in total. The van der Waals surface area contributed by atoms with Crippen molar-refractivity contribution in [3.05, 3.63) is 71.5 Å². The number of hydrogen-bond acceptors (Lipinski definition) is 4. The zero-order valence-corrected chi connectivity index (χ0v) is 14.3. The number of nitrogens with zero attached hydrogens (tertiary/aromatic N) is 2. The lowest BCUT2D eigenvalue weighted by atomic mass is 10.2. The zero-order chi connectivity index (χ0) is 18.7. The van der Waals surface area contributed by atoms with Crippen LogP contribution in [0.15, 0.2) is 54.6 Å². The molecule has 0 bridgehead atoms. The highest BCUT2D eigenvalue weighted by Crippen LogP contribution is 2.22. The molecule has 2 N–H and O–H groups in total. The molecule has 1 amide bonds. The fraction of sp³-hybridized carbons (Fsp3) is 0.105. The van der Waals surface area contributed by atoms with E-state index in [4.69, 9.17) is 4.74 Å². The highest BCUT2D eigenvalue weighted by atomic mass is 16.5. The van der Waals surface area contributed by atoms with E-state index in [9.17, 15) is 14.7 Å². The van der Waals surface area contributed by atoms with Crippen molar-refractivity contribution >= 4 is 17.6 Å². The normalized spacial score (nSPS) is 10.4. The third kappa shape index (κ3) is 3.41.